The highest BCUT2D eigenvalue weighted by Gasteiger charge is 2.55. The molecule has 1 aromatic rings. The minimum Gasteiger partial charge on any atom is -0.443 e. The van der Waals surface area contributed by atoms with Crippen LogP contribution in [0.2, 0.25) is 0 Å². The zero-order chi connectivity index (χ0) is 15.6. The Hall–Kier alpha value is -1.77. The number of allylic oxidation sites excluding steroid dienone is 1. The summed E-state index contributed by atoms with van der Waals surface area (Å²) in [5.74, 6) is 1.48. The molecule has 4 unspecified atom stereocenters. The molecule has 116 valence electrons. The summed E-state index contributed by atoms with van der Waals surface area (Å²) in [5.41, 5.74) is 3.24. The van der Waals surface area contributed by atoms with Crippen molar-refractivity contribution in [3.8, 4) is 0 Å². The number of carbonyl (C=O) groups excluding carboxylic acids is 1. The van der Waals surface area contributed by atoms with Gasteiger partial charge >= 0.3 is 6.09 Å². The molecule has 3 nitrogen and oxygen atoms in total. The molecule has 1 heterocycles. The van der Waals surface area contributed by atoms with Crippen LogP contribution in [0.4, 0.5) is 10.5 Å². The van der Waals surface area contributed by atoms with E-state index >= 15 is 0 Å². The monoisotopic (exact) mass is 297 g/mol. The molecule has 0 saturated heterocycles. The highest BCUT2D eigenvalue weighted by Crippen LogP contribution is 2.58. The van der Waals surface area contributed by atoms with E-state index in [-0.39, 0.29) is 12.1 Å². The van der Waals surface area contributed by atoms with Gasteiger partial charge in [0, 0.05) is 5.92 Å². The smallest absolute Gasteiger partial charge is 0.415 e. The van der Waals surface area contributed by atoms with Crippen molar-refractivity contribution in [1.82, 2.24) is 0 Å². The van der Waals surface area contributed by atoms with Gasteiger partial charge < -0.3 is 4.74 Å². The first-order valence-corrected chi connectivity index (χ1v) is 8.17. The van der Waals surface area contributed by atoms with E-state index in [4.69, 9.17) is 4.74 Å². The Bertz CT molecular complexity index is 671. The third-order valence-electron chi connectivity index (χ3n) is 5.20. The number of carbonyl (C=O) groups is 1. The first-order valence-electron chi connectivity index (χ1n) is 8.17. The first-order chi connectivity index (χ1) is 10.4. The van der Waals surface area contributed by atoms with Crippen molar-refractivity contribution in [2.45, 2.75) is 51.7 Å². The second-order valence-corrected chi connectivity index (χ2v) is 7.82. The molecular formula is C19H23NO2. The summed E-state index contributed by atoms with van der Waals surface area (Å²) in [6.07, 6.45) is 5.61. The van der Waals surface area contributed by atoms with Crippen molar-refractivity contribution >= 4 is 11.8 Å². The zero-order valence-corrected chi connectivity index (χ0v) is 13.7. The van der Waals surface area contributed by atoms with Gasteiger partial charge in [-0.25, -0.2) is 4.79 Å². The summed E-state index contributed by atoms with van der Waals surface area (Å²) in [6, 6.07) is 6.51. The molecule has 3 aliphatic rings. The summed E-state index contributed by atoms with van der Waals surface area (Å²) in [4.78, 5) is 14.8. The van der Waals surface area contributed by atoms with Crippen LogP contribution in [0.1, 0.15) is 44.2 Å². The number of fused-ring (bicyclic) bond motifs is 7. The van der Waals surface area contributed by atoms with Crippen LogP contribution in [0.25, 0.3) is 0 Å². The van der Waals surface area contributed by atoms with Crippen molar-refractivity contribution in [3.05, 3.63) is 41.5 Å². The van der Waals surface area contributed by atoms with Crippen molar-refractivity contribution in [2.75, 3.05) is 4.90 Å². The molecular weight excluding hydrogens is 274 g/mol. The Morgan fingerprint density at radius 2 is 1.95 bits per heavy atom. The summed E-state index contributed by atoms with van der Waals surface area (Å²) >= 11 is 0. The Kier molecular flexibility index (Phi) is 2.76. The molecule has 1 aromatic carbocycles. The van der Waals surface area contributed by atoms with Gasteiger partial charge in [0.2, 0.25) is 0 Å². The summed E-state index contributed by atoms with van der Waals surface area (Å²) in [6.45, 7) is 7.94. The number of aryl methyl sites for hydroxylation is 1. The van der Waals surface area contributed by atoms with Crippen LogP contribution in [-0.2, 0) is 4.74 Å². The lowest BCUT2D eigenvalue weighted by Crippen LogP contribution is -2.44. The van der Waals surface area contributed by atoms with Crippen molar-refractivity contribution in [1.29, 1.82) is 0 Å². The largest absolute Gasteiger partial charge is 0.443 e. The highest BCUT2D eigenvalue weighted by molar-refractivity contribution is 5.93. The van der Waals surface area contributed by atoms with Gasteiger partial charge in [-0.05, 0) is 63.1 Å². The fourth-order valence-electron chi connectivity index (χ4n) is 4.53. The molecule has 0 spiro atoms. The molecule has 4 atom stereocenters. The topological polar surface area (TPSA) is 29.5 Å². The minimum atomic E-state index is -0.466. The third-order valence-corrected chi connectivity index (χ3v) is 5.20. The van der Waals surface area contributed by atoms with Gasteiger partial charge in [-0.2, -0.15) is 0 Å². The van der Waals surface area contributed by atoms with E-state index in [2.05, 4.69) is 31.2 Å². The number of nitrogens with zero attached hydrogens (tertiary/aromatic N) is 1. The predicted molar refractivity (Wildman–Crippen MR) is 87.2 cm³/mol. The van der Waals surface area contributed by atoms with Crippen molar-refractivity contribution in [3.63, 3.8) is 0 Å². The SMILES string of the molecule is Cc1cccc2c1C1C3C=CC(C3)C1N2C(=O)OC(C)(C)C. The fourth-order valence-corrected chi connectivity index (χ4v) is 4.53. The van der Waals surface area contributed by atoms with Gasteiger partial charge in [-0.3, -0.25) is 4.90 Å². The normalized spacial score (nSPS) is 31.4. The summed E-state index contributed by atoms with van der Waals surface area (Å²) < 4.78 is 5.70. The van der Waals surface area contributed by atoms with Crippen LogP contribution in [-0.4, -0.2) is 17.7 Å². The van der Waals surface area contributed by atoms with E-state index < -0.39 is 5.60 Å². The van der Waals surface area contributed by atoms with Gasteiger partial charge in [-0.1, -0.05) is 24.3 Å². The lowest BCUT2D eigenvalue weighted by atomic mass is 9.84. The number of benzene rings is 1. The lowest BCUT2D eigenvalue weighted by molar-refractivity contribution is 0.0563. The highest BCUT2D eigenvalue weighted by atomic mass is 16.6. The molecule has 22 heavy (non-hydrogen) atoms. The second-order valence-electron chi connectivity index (χ2n) is 7.82. The van der Waals surface area contributed by atoms with Gasteiger partial charge in [0.25, 0.3) is 0 Å². The van der Waals surface area contributed by atoms with E-state index in [1.807, 2.05) is 31.7 Å². The molecule has 0 radical (unpaired) electrons. The maximum absolute atomic E-state index is 12.8. The number of anilines is 1. The van der Waals surface area contributed by atoms with Gasteiger partial charge in [0.15, 0.2) is 0 Å². The first kappa shape index (κ1) is 13.9. The zero-order valence-electron chi connectivity index (χ0n) is 13.7. The van der Waals surface area contributed by atoms with Gasteiger partial charge in [-0.15, -0.1) is 0 Å². The van der Waals surface area contributed by atoms with Crippen molar-refractivity contribution in [2.24, 2.45) is 11.8 Å². The Morgan fingerprint density at radius 1 is 1.23 bits per heavy atom. The Labute approximate surface area is 132 Å². The molecule has 2 aliphatic carbocycles. The van der Waals surface area contributed by atoms with Gasteiger partial charge in [0.05, 0.1) is 11.7 Å². The molecule has 2 bridgehead atoms. The standard InChI is InChI=1S/C19H23NO2/c1-11-6-5-7-14-15(11)16-12-8-9-13(10-12)17(16)20(14)18(21)22-19(2,3)4/h5-9,12-13,16-17H,10H2,1-4H3. The number of hydrogen-bond donors (Lipinski definition) is 0. The van der Waals surface area contributed by atoms with E-state index in [1.165, 1.54) is 17.5 Å². The molecule has 1 amide bonds. The van der Waals surface area contributed by atoms with Crippen molar-refractivity contribution < 1.29 is 9.53 Å². The quantitative estimate of drug-likeness (QED) is 0.664. The lowest BCUT2D eigenvalue weighted by Gasteiger charge is -2.32. The number of hydrogen-bond acceptors (Lipinski definition) is 2. The van der Waals surface area contributed by atoms with E-state index in [1.54, 1.807) is 0 Å². The molecule has 1 aliphatic heterocycles. The molecule has 1 saturated carbocycles. The number of rotatable bonds is 0. The average molecular weight is 297 g/mol. The number of amides is 1. The van der Waals surface area contributed by atoms with Crippen LogP contribution in [0.15, 0.2) is 30.4 Å². The summed E-state index contributed by atoms with van der Waals surface area (Å²) in [7, 11) is 0. The van der Waals surface area contributed by atoms with Crippen LogP contribution in [0.3, 0.4) is 0 Å². The van der Waals surface area contributed by atoms with Crippen LogP contribution < -0.4 is 4.90 Å². The Balaban J connectivity index is 1.80. The van der Waals surface area contributed by atoms with Crippen LogP contribution >= 0.6 is 0 Å². The summed E-state index contributed by atoms with van der Waals surface area (Å²) in [5, 5.41) is 0. The number of ether oxygens (including phenoxy) is 1. The Morgan fingerprint density at radius 3 is 2.68 bits per heavy atom. The van der Waals surface area contributed by atoms with E-state index in [9.17, 15) is 4.79 Å². The molecule has 3 heteroatoms. The van der Waals surface area contributed by atoms with E-state index in [0.29, 0.717) is 17.8 Å². The maximum Gasteiger partial charge on any atom is 0.415 e. The van der Waals surface area contributed by atoms with Crippen LogP contribution in [0.5, 0.6) is 0 Å². The fraction of sp³-hybridized carbons (Fsp3) is 0.526. The average Bonchev–Trinajstić information content (AvgIpc) is 3.06. The molecule has 4 rings (SSSR count). The van der Waals surface area contributed by atoms with Gasteiger partial charge in [0.1, 0.15) is 5.60 Å². The van der Waals surface area contributed by atoms with E-state index in [0.717, 1.165) is 5.69 Å². The predicted octanol–water partition coefficient (Wildman–Crippen LogP) is 4.41. The second kappa shape index (κ2) is 4.37. The minimum absolute atomic E-state index is 0.201. The molecule has 1 fully saturated rings. The molecule has 0 aromatic heterocycles. The molecule has 0 N–H and O–H groups in total. The maximum atomic E-state index is 12.8. The van der Waals surface area contributed by atoms with Crippen LogP contribution in [0, 0.1) is 18.8 Å². The third kappa shape index (κ3) is 1.84.